The molecule has 5 aromatic rings. The maximum absolute atomic E-state index is 3.11. The molecule has 0 N–H and O–H groups in total. The van der Waals surface area contributed by atoms with Gasteiger partial charge in [0, 0.05) is 0 Å². The molecule has 2 heterocycles. The van der Waals surface area contributed by atoms with E-state index in [1.54, 1.807) is 8.79 Å². The van der Waals surface area contributed by atoms with Crippen molar-refractivity contribution in [3.63, 3.8) is 0 Å². The molecule has 1 aromatic heterocycles. The average molecular weight is 432 g/mol. The molecule has 0 spiro atoms. The van der Waals surface area contributed by atoms with Crippen LogP contribution in [0, 0.1) is 0 Å². The predicted octanol–water partition coefficient (Wildman–Crippen LogP) is 3.54. The Morgan fingerprint density at radius 2 is 1.14 bits per heavy atom. The van der Waals surface area contributed by atoms with E-state index in [9.17, 15) is 0 Å². The first kappa shape index (κ1) is 16.9. The molecule has 0 saturated carbocycles. The Morgan fingerprint density at radius 1 is 0.586 bits per heavy atom. The first-order valence-electron chi connectivity index (χ1n) is 10.1. The van der Waals surface area contributed by atoms with Crippen LogP contribution in [-0.4, -0.2) is 17.8 Å². The summed E-state index contributed by atoms with van der Waals surface area (Å²) in [5, 5.41) is 1.41. The topological polar surface area (TPSA) is 4.93 Å². The molecule has 29 heavy (non-hydrogen) atoms. The summed E-state index contributed by atoms with van der Waals surface area (Å²) in [5.74, 6) is 0. The zero-order chi connectivity index (χ0) is 19.4. The molecule has 0 saturated heterocycles. The summed E-state index contributed by atoms with van der Waals surface area (Å²) in [5.41, 5.74) is 4.15. The second-order valence-electron chi connectivity index (χ2n) is 7.83. The van der Waals surface area contributed by atoms with Crippen molar-refractivity contribution in [3.8, 4) is 11.3 Å². The number of aryl methyl sites for hydroxylation is 1. The summed E-state index contributed by atoms with van der Waals surface area (Å²) in [7, 11) is 2.23. The summed E-state index contributed by atoms with van der Waals surface area (Å²) in [4.78, 5) is 0. The molecule has 6 rings (SSSR count). The van der Waals surface area contributed by atoms with Gasteiger partial charge in [-0.1, -0.05) is 0 Å². The van der Waals surface area contributed by atoms with E-state index < -0.39 is 13.3 Å². The van der Waals surface area contributed by atoms with Crippen LogP contribution in [0.15, 0.2) is 109 Å². The van der Waals surface area contributed by atoms with Crippen LogP contribution in [0.3, 0.4) is 0 Å². The Balaban J connectivity index is 1.89. The molecule has 138 valence electrons. The van der Waals surface area contributed by atoms with Gasteiger partial charge in [-0.15, -0.1) is 0 Å². The molecule has 4 aromatic carbocycles. The van der Waals surface area contributed by atoms with Crippen LogP contribution in [0.25, 0.3) is 22.2 Å². The van der Waals surface area contributed by atoms with Gasteiger partial charge in [0.05, 0.1) is 0 Å². The van der Waals surface area contributed by atoms with Crippen LogP contribution in [0.1, 0.15) is 0 Å². The van der Waals surface area contributed by atoms with E-state index >= 15 is 0 Å². The molecule has 2 heteroatoms. The van der Waals surface area contributed by atoms with Crippen molar-refractivity contribution < 1.29 is 0 Å². The van der Waals surface area contributed by atoms with Crippen molar-refractivity contribution in [3.05, 3.63) is 109 Å². The maximum atomic E-state index is 2.42. The third-order valence-corrected chi connectivity index (χ3v) is 16.8. The third kappa shape index (κ3) is 2.11. The third-order valence-electron chi connectivity index (χ3n) is 6.48. The molecule has 0 unspecified atom stereocenters. The quantitative estimate of drug-likeness (QED) is 0.369. The van der Waals surface area contributed by atoms with Gasteiger partial charge in [0.25, 0.3) is 0 Å². The van der Waals surface area contributed by atoms with Crippen molar-refractivity contribution in [1.82, 2.24) is 4.57 Å². The van der Waals surface area contributed by atoms with E-state index in [1.165, 1.54) is 31.0 Å². The Morgan fingerprint density at radius 3 is 1.83 bits per heavy atom. The minimum atomic E-state index is -3.11. The Hall–Kier alpha value is -3.04. The number of para-hydroxylation sites is 1. The first-order chi connectivity index (χ1) is 14.3. The van der Waals surface area contributed by atoms with Gasteiger partial charge in [-0.05, 0) is 0 Å². The Labute approximate surface area is 173 Å². The SMILES string of the molecule is Cn1c2[c](c3ccccc31)[Ge]([c]1ccccc1)([c]1ccccc1)[c]1ccccc1-2. The summed E-state index contributed by atoms with van der Waals surface area (Å²) < 4.78 is 8.56. The molecule has 0 radical (unpaired) electrons. The molecule has 0 fully saturated rings. The van der Waals surface area contributed by atoms with Crippen LogP contribution < -0.4 is 17.6 Å². The predicted molar refractivity (Wildman–Crippen MR) is 126 cm³/mol. The van der Waals surface area contributed by atoms with Gasteiger partial charge in [0.1, 0.15) is 0 Å². The van der Waals surface area contributed by atoms with Crippen molar-refractivity contribution in [1.29, 1.82) is 0 Å². The van der Waals surface area contributed by atoms with Gasteiger partial charge in [0.2, 0.25) is 0 Å². The number of nitrogens with zero attached hydrogens (tertiary/aromatic N) is 1. The van der Waals surface area contributed by atoms with E-state index in [0.717, 1.165) is 0 Å². The standard InChI is InChI=1S/C27H21GeN/c1-29-25-19-11-9-17-23(25)26-27(29)22-16-8-10-18-24(22)28(26,20-12-4-2-5-13-20)21-14-6-3-7-15-21/h2-19H,1H3. The normalized spacial score (nSPS) is 14.0. The van der Waals surface area contributed by atoms with Crippen molar-refractivity contribution in [2.24, 2.45) is 7.05 Å². The second-order valence-corrected chi connectivity index (χ2v) is 15.6. The van der Waals surface area contributed by atoms with E-state index in [2.05, 4.69) is 121 Å². The fraction of sp³-hybridized carbons (Fsp3) is 0.0370. The van der Waals surface area contributed by atoms with E-state index in [4.69, 9.17) is 0 Å². The molecular weight excluding hydrogens is 411 g/mol. The van der Waals surface area contributed by atoms with Gasteiger partial charge in [-0.25, -0.2) is 0 Å². The van der Waals surface area contributed by atoms with Crippen LogP contribution in [0.2, 0.25) is 0 Å². The molecule has 1 nitrogen and oxygen atoms in total. The first-order valence-corrected chi connectivity index (χ1v) is 14.3. The van der Waals surface area contributed by atoms with Gasteiger partial charge in [0.15, 0.2) is 0 Å². The van der Waals surface area contributed by atoms with Crippen LogP contribution in [0.5, 0.6) is 0 Å². The Kier molecular flexibility index (Phi) is 3.63. The van der Waals surface area contributed by atoms with Gasteiger partial charge < -0.3 is 0 Å². The summed E-state index contributed by atoms with van der Waals surface area (Å²) >= 11 is -3.11. The van der Waals surface area contributed by atoms with E-state index in [1.807, 2.05) is 0 Å². The fourth-order valence-electron chi connectivity index (χ4n) is 5.38. The average Bonchev–Trinajstić information content (AvgIpc) is 3.27. The molecule has 0 amide bonds. The molecule has 0 atom stereocenters. The summed E-state index contributed by atoms with van der Waals surface area (Å²) in [6, 6.07) is 40.6. The van der Waals surface area contributed by atoms with Crippen molar-refractivity contribution in [2.45, 2.75) is 0 Å². The second kappa shape index (κ2) is 6.23. The molecule has 1 aliphatic heterocycles. The zero-order valence-corrected chi connectivity index (χ0v) is 18.4. The van der Waals surface area contributed by atoms with E-state index in [-0.39, 0.29) is 0 Å². The number of fused-ring (bicyclic) bond motifs is 5. The zero-order valence-electron chi connectivity index (χ0n) is 16.3. The van der Waals surface area contributed by atoms with Crippen molar-refractivity contribution >= 4 is 41.8 Å². The van der Waals surface area contributed by atoms with Gasteiger partial charge in [-0.2, -0.15) is 0 Å². The number of benzene rings is 4. The minimum absolute atomic E-state index is 1.33. The summed E-state index contributed by atoms with van der Waals surface area (Å²) in [6.07, 6.45) is 0. The molecule has 0 aliphatic carbocycles. The van der Waals surface area contributed by atoms with Crippen LogP contribution in [0.4, 0.5) is 0 Å². The summed E-state index contributed by atoms with van der Waals surface area (Å²) in [6.45, 7) is 0. The molecule has 0 bridgehead atoms. The number of rotatable bonds is 2. The monoisotopic (exact) mass is 433 g/mol. The fourth-order valence-corrected chi connectivity index (χ4v) is 16.7. The number of aromatic nitrogens is 1. The Bertz CT molecular complexity index is 1310. The van der Waals surface area contributed by atoms with Crippen LogP contribution >= 0.6 is 0 Å². The number of hydrogen-bond acceptors (Lipinski definition) is 0. The van der Waals surface area contributed by atoms with Crippen molar-refractivity contribution in [2.75, 3.05) is 0 Å². The molecular formula is C27H21GeN. The van der Waals surface area contributed by atoms with Crippen LogP contribution in [-0.2, 0) is 7.05 Å². The van der Waals surface area contributed by atoms with E-state index in [0.29, 0.717) is 0 Å². The molecule has 1 aliphatic rings. The van der Waals surface area contributed by atoms with Gasteiger partial charge in [-0.3, -0.25) is 0 Å². The van der Waals surface area contributed by atoms with Gasteiger partial charge >= 0.3 is 174 Å². The number of hydrogen-bond donors (Lipinski definition) is 0.